The van der Waals surface area contributed by atoms with Gasteiger partial charge in [-0.05, 0) is 40.9 Å². The molecule has 0 bridgehead atoms. The summed E-state index contributed by atoms with van der Waals surface area (Å²) in [6.45, 7) is 0.585. The Morgan fingerprint density at radius 3 is 2.76 bits per heavy atom. The maximum Gasteiger partial charge on any atom is 0.337 e. The molecule has 1 aromatic carbocycles. The van der Waals surface area contributed by atoms with E-state index in [2.05, 4.69) is 15.9 Å². The fourth-order valence-electron chi connectivity index (χ4n) is 2.00. The molecule has 1 heterocycles. The highest BCUT2D eigenvalue weighted by Gasteiger charge is 2.25. The Hall–Kier alpha value is -1.36. The fraction of sp³-hybridized carbons (Fsp3) is 0.333. The van der Waals surface area contributed by atoms with Crippen LogP contribution < -0.4 is 4.90 Å². The van der Waals surface area contributed by atoms with Crippen molar-refractivity contribution in [3.63, 3.8) is 0 Å². The highest BCUT2D eigenvalue weighted by atomic mass is 79.9. The van der Waals surface area contributed by atoms with E-state index in [1.165, 1.54) is 6.07 Å². The number of piperidine rings is 1. The SMILES string of the molecule is O=C(O)c1cccc(Br)c1N1CCCCC1=O. The third-order valence-corrected chi connectivity index (χ3v) is 3.45. The third kappa shape index (κ3) is 2.34. The lowest BCUT2D eigenvalue weighted by Gasteiger charge is -2.28. The van der Waals surface area contributed by atoms with Gasteiger partial charge < -0.3 is 10.0 Å². The number of amides is 1. The van der Waals surface area contributed by atoms with Crippen LogP contribution in [-0.2, 0) is 4.79 Å². The maximum atomic E-state index is 11.8. The van der Waals surface area contributed by atoms with Crippen LogP contribution in [-0.4, -0.2) is 23.5 Å². The number of carboxylic acids is 1. The van der Waals surface area contributed by atoms with Crippen molar-refractivity contribution < 1.29 is 14.7 Å². The molecule has 0 radical (unpaired) electrons. The third-order valence-electron chi connectivity index (χ3n) is 2.81. The monoisotopic (exact) mass is 297 g/mol. The summed E-state index contributed by atoms with van der Waals surface area (Å²) in [7, 11) is 0. The fourth-order valence-corrected chi connectivity index (χ4v) is 2.58. The molecule has 1 aliphatic heterocycles. The van der Waals surface area contributed by atoms with Gasteiger partial charge in [0.05, 0.1) is 11.3 Å². The van der Waals surface area contributed by atoms with E-state index in [1.807, 2.05) is 0 Å². The first kappa shape index (κ1) is 12.1. The van der Waals surface area contributed by atoms with Gasteiger partial charge in [0.2, 0.25) is 5.91 Å². The van der Waals surface area contributed by atoms with E-state index in [0.29, 0.717) is 23.1 Å². The molecule has 1 amide bonds. The Morgan fingerprint density at radius 1 is 1.35 bits per heavy atom. The van der Waals surface area contributed by atoms with Gasteiger partial charge in [0.15, 0.2) is 0 Å². The smallest absolute Gasteiger partial charge is 0.337 e. The summed E-state index contributed by atoms with van der Waals surface area (Å²) >= 11 is 3.32. The predicted octanol–water partition coefficient (Wildman–Crippen LogP) is 2.66. The minimum atomic E-state index is -1.01. The topological polar surface area (TPSA) is 57.6 Å². The van der Waals surface area contributed by atoms with Gasteiger partial charge in [-0.3, -0.25) is 4.79 Å². The van der Waals surface area contributed by atoms with Gasteiger partial charge in [-0.25, -0.2) is 4.79 Å². The maximum absolute atomic E-state index is 11.8. The van der Waals surface area contributed by atoms with Crippen molar-refractivity contribution in [3.8, 4) is 0 Å². The van der Waals surface area contributed by atoms with E-state index in [0.717, 1.165) is 12.8 Å². The lowest BCUT2D eigenvalue weighted by molar-refractivity contribution is -0.119. The molecule has 1 fully saturated rings. The number of anilines is 1. The molecule has 0 atom stereocenters. The van der Waals surface area contributed by atoms with Crippen LogP contribution in [0.15, 0.2) is 22.7 Å². The van der Waals surface area contributed by atoms with E-state index in [-0.39, 0.29) is 11.5 Å². The number of hydrogen-bond acceptors (Lipinski definition) is 2. The van der Waals surface area contributed by atoms with Crippen molar-refractivity contribution in [3.05, 3.63) is 28.2 Å². The second-order valence-corrected chi connectivity index (χ2v) is 4.80. The van der Waals surface area contributed by atoms with Crippen molar-refractivity contribution in [1.82, 2.24) is 0 Å². The second-order valence-electron chi connectivity index (χ2n) is 3.94. The Morgan fingerprint density at radius 2 is 2.12 bits per heavy atom. The van der Waals surface area contributed by atoms with E-state index in [4.69, 9.17) is 5.11 Å². The lowest BCUT2D eigenvalue weighted by atomic mass is 10.1. The number of carboxylic acid groups (broad SMARTS) is 1. The van der Waals surface area contributed by atoms with Crippen molar-refractivity contribution in [2.45, 2.75) is 19.3 Å². The van der Waals surface area contributed by atoms with Crippen LogP contribution in [0, 0.1) is 0 Å². The first-order chi connectivity index (χ1) is 8.11. The summed E-state index contributed by atoms with van der Waals surface area (Å²) in [5.41, 5.74) is 0.638. The van der Waals surface area contributed by atoms with Crippen molar-refractivity contribution >= 4 is 33.5 Å². The summed E-state index contributed by atoms with van der Waals surface area (Å²) < 4.78 is 0.646. The van der Waals surface area contributed by atoms with Crippen LogP contribution in [0.1, 0.15) is 29.6 Å². The van der Waals surface area contributed by atoms with E-state index in [9.17, 15) is 9.59 Å². The van der Waals surface area contributed by atoms with Crippen LogP contribution in [0.25, 0.3) is 0 Å². The van der Waals surface area contributed by atoms with Crippen LogP contribution in [0.3, 0.4) is 0 Å². The molecule has 2 rings (SSSR count). The van der Waals surface area contributed by atoms with Crippen molar-refractivity contribution in [2.24, 2.45) is 0 Å². The molecular formula is C12H12BrNO3. The Labute approximate surface area is 107 Å². The summed E-state index contributed by atoms with van der Waals surface area (Å²) in [6, 6.07) is 4.93. The molecule has 0 spiro atoms. The van der Waals surface area contributed by atoms with Gasteiger partial charge in [-0.15, -0.1) is 0 Å². The van der Waals surface area contributed by atoms with Gasteiger partial charge in [0.25, 0.3) is 0 Å². The zero-order chi connectivity index (χ0) is 12.4. The van der Waals surface area contributed by atoms with Crippen molar-refractivity contribution in [1.29, 1.82) is 0 Å². The Bertz CT molecular complexity index is 473. The van der Waals surface area contributed by atoms with E-state index in [1.54, 1.807) is 17.0 Å². The quantitative estimate of drug-likeness (QED) is 0.913. The summed E-state index contributed by atoms with van der Waals surface area (Å²) in [5.74, 6) is -1.02. The van der Waals surface area contributed by atoms with Gasteiger partial charge in [-0.1, -0.05) is 6.07 Å². The number of carbonyl (C=O) groups excluding carboxylic acids is 1. The van der Waals surface area contributed by atoms with Gasteiger partial charge >= 0.3 is 5.97 Å². The molecule has 17 heavy (non-hydrogen) atoms. The van der Waals surface area contributed by atoms with E-state index >= 15 is 0 Å². The standard InChI is InChI=1S/C12H12BrNO3/c13-9-5-3-4-8(12(16)17)11(9)14-7-2-1-6-10(14)15/h3-5H,1-2,6-7H2,(H,16,17). The van der Waals surface area contributed by atoms with Crippen LogP contribution >= 0.6 is 15.9 Å². The van der Waals surface area contributed by atoms with Gasteiger partial charge in [0, 0.05) is 17.4 Å². The number of nitrogens with zero attached hydrogens (tertiary/aromatic N) is 1. The number of para-hydroxylation sites is 1. The molecular weight excluding hydrogens is 286 g/mol. The highest BCUT2D eigenvalue weighted by Crippen LogP contribution is 2.32. The molecule has 5 heteroatoms. The largest absolute Gasteiger partial charge is 0.478 e. The summed E-state index contributed by atoms with van der Waals surface area (Å²) in [6.07, 6.45) is 2.27. The van der Waals surface area contributed by atoms with Crippen LogP contribution in [0.4, 0.5) is 5.69 Å². The van der Waals surface area contributed by atoms with Gasteiger partial charge in [0.1, 0.15) is 0 Å². The molecule has 0 aromatic heterocycles. The van der Waals surface area contributed by atoms with Crippen LogP contribution in [0.2, 0.25) is 0 Å². The average molecular weight is 298 g/mol. The molecule has 1 aromatic rings. The predicted molar refractivity (Wildman–Crippen MR) is 67.3 cm³/mol. The lowest BCUT2D eigenvalue weighted by Crippen LogP contribution is -2.36. The molecule has 1 aliphatic rings. The minimum absolute atomic E-state index is 0.00866. The second kappa shape index (κ2) is 4.87. The average Bonchev–Trinajstić information content (AvgIpc) is 2.30. The minimum Gasteiger partial charge on any atom is -0.478 e. The summed E-state index contributed by atoms with van der Waals surface area (Å²) in [4.78, 5) is 24.6. The number of rotatable bonds is 2. The normalized spacial score (nSPS) is 16.1. The number of aromatic carboxylic acids is 1. The van der Waals surface area contributed by atoms with Gasteiger partial charge in [-0.2, -0.15) is 0 Å². The molecule has 4 nitrogen and oxygen atoms in total. The Kier molecular flexibility index (Phi) is 3.47. The summed E-state index contributed by atoms with van der Waals surface area (Å²) in [5, 5.41) is 9.15. The first-order valence-corrected chi connectivity index (χ1v) is 6.22. The molecule has 0 unspecified atom stereocenters. The number of carbonyl (C=O) groups is 2. The zero-order valence-corrected chi connectivity index (χ0v) is 10.7. The molecule has 90 valence electrons. The number of benzene rings is 1. The molecule has 0 aliphatic carbocycles. The zero-order valence-electron chi connectivity index (χ0n) is 9.15. The number of hydrogen-bond donors (Lipinski definition) is 1. The highest BCUT2D eigenvalue weighted by molar-refractivity contribution is 9.10. The van der Waals surface area contributed by atoms with E-state index < -0.39 is 5.97 Å². The van der Waals surface area contributed by atoms with Crippen molar-refractivity contribution in [2.75, 3.05) is 11.4 Å². The number of halogens is 1. The molecule has 1 saturated heterocycles. The molecule has 0 saturated carbocycles. The Balaban J connectivity index is 2.49. The first-order valence-electron chi connectivity index (χ1n) is 5.43. The molecule has 1 N–H and O–H groups in total. The van der Waals surface area contributed by atoms with Crippen LogP contribution in [0.5, 0.6) is 0 Å².